The van der Waals surface area contributed by atoms with Crippen molar-refractivity contribution < 1.29 is 8.83 Å². The van der Waals surface area contributed by atoms with Crippen molar-refractivity contribution in [3.8, 4) is 124 Å². The number of benzene rings is 16. The molecule has 16 aromatic carbocycles. The summed E-state index contributed by atoms with van der Waals surface area (Å²) in [6.07, 6.45) is 0. The molecule has 0 radical (unpaired) electrons. The van der Waals surface area contributed by atoms with Crippen LogP contribution in [0, 0.1) is 0 Å². The number of furan rings is 2. The summed E-state index contributed by atoms with van der Waals surface area (Å²) in [5, 5.41) is 11.5. The number of aromatic nitrogens is 8. The number of nitrogens with zero attached hydrogens (tertiary/aromatic N) is 8. The minimum absolute atomic E-state index is 0.532. The Morgan fingerprint density at radius 1 is 0.212 bits per heavy atom. The normalized spacial score (nSPS) is 11.9. The van der Waals surface area contributed by atoms with Gasteiger partial charge in [-0.1, -0.05) is 255 Å². The highest BCUT2D eigenvalue weighted by atomic mass is 32.1. The summed E-state index contributed by atoms with van der Waals surface area (Å²) < 4.78 is 21.1. The second-order valence-corrected chi connectivity index (χ2v) is 29.9. The minimum Gasteiger partial charge on any atom is -0.456 e. The molecule has 23 rings (SSSR count). The maximum Gasteiger partial charge on any atom is 0.164 e. The Labute approximate surface area is 650 Å². The predicted molar refractivity (Wildman–Crippen MR) is 464 cm³/mol. The Balaban J connectivity index is 0.556. The van der Waals surface area contributed by atoms with Crippen LogP contribution in [0.4, 0.5) is 0 Å². The lowest BCUT2D eigenvalue weighted by molar-refractivity contribution is 0.669. The molecule has 0 spiro atoms. The molecular weight excluding hydrogens is 1400 g/mol. The van der Waals surface area contributed by atoms with Gasteiger partial charge >= 0.3 is 0 Å². The van der Waals surface area contributed by atoms with E-state index >= 15 is 0 Å². The van der Waals surface area contributed by atoms with Gasteiger partial charge in [-0.25, -0.2) is 29.9 Å². The molecule has 0 aliphatic carbocycles. The van der Waals surface area contributed by atoms with Gasteiger partial charge in [0.05, 0.1) is 22.1 Å². The number of hydrogen-bond donors (Lipinski definition) is 0. The first-order chi connectivity index (χ1) is 55.9. The van der Waals surface area contributed by atoms with Gasteiger partial charge in [0, 0.05) is 114 Å². The fourth-order valence-electron chi connectivity index (χ4n) is 16.8. The van der Waals surface area contributed by atoms with E-state index in [2.05, 4.69) is 312 Å². The molecule has 0 unspecified atom stereocenters. The van der Waals surface area contributed by atoms with Crippen LogP contribution in [0.5, 0.6) is 0 Å². The molecule has 23 aromatic rings. The average Bonchev–Trinajstić information content (AvgIpc) is 1.56. The molecule has 7 aromatic heterocycles. The van der Waals surface area contributed by atoms with Crippen LogP contribution in [-0.2, 0) is 0 Å². The van der Waals surface area contributed by atoms with Crippen LogP contribution in [0.1, 0.15) is 0 Å². The van der Waals surface area contributed by atoms with E-state index in [0.29, 0.717) is 34.9 Å². The zero-order valence-corrected chi connectivity index (χ0v) is 61.3. The highest BCUT2D eigenvalue weighted by Gasteiger charge is 2.24. The van der Waals surface area contributed by atoms with Gasteiger partial charge in [0.1, 0.15) is 22.3 Å². The van der Waals surface area contributed by atoms with Crippen molar-refractivity contribution >= 4 is 119 Å². The van der Waals surface area contributed by atoms with Crippen molar-refractivity contribution in [1.82, 2.24) is 39.0 Å². The first-order valence-corrected chi connectivity index (χ1v) is 38.7. The molecule has 0 bridgehead atoms. The van der Waals surface area contributed by atoms with E-state index in [9.17, 15) is 0 Å². The molecule has 526 valence electrons. The number of para-hydroxylation sites is 3. The largest absolute Gasteiger partial charge is 0.456 e. The Morgan fingerprint density at radius 2 is 0.619 bits per heavy atom. The summed E-state index contributed by atoms with van der Waals surface area (Å²) in [5.41, 5.74) is 23.8. The first kappa shape index (κ1) is 64.0. The smallest absolute Gasteiger partial charge is 0.164 e. The van der Waals surface area contributed by atoms with Crippen LogP contribution in [0.2, 0.25) is 0 Å². The molecular formula is C102H60N8O2S. The Kier molecular flexibility index (Phi) is 14.6. The third-order valence-electron chi connectivity index (χ3n) is 22.3. The summed E-state index contributed by atoms with van der Waals surface area (Å²) in [4.78, 5) is 31.1. The van der Waals surface area contributed by atoms with E-state index in [0.717, 1.165) is 133 Å². The highest BCUT2D eigenvalue weighted by Crippen LogP contribution is 2.47. The summed E-state index contributed by atoms with van der Waals surface area (Å²) in [7, 11) is 0. The quantitative estimate of drug-likeness (QED) is 0.119. The summed E-state index contributed by atoms with van der Waals surface area (Å²) in [5.74, 6) is 3.30. The molecule has 0 atom stereocenters. The van der Waals surface area contributed by atoms with Gasteiger partial charge in [-0.05, 0) is 148 Å². The van der Waals surface area contributed by atoms with Crippen molar-refractivity contribution in [2.24, 2.45) is 0 Å². The van der Waals surface area contributed by atoms with Crippen LogP contribution in [0.15, 0.2) is 373 Å². The average molecular weight is 1460 g/mol. The van der Waals surface area contributed by atoms with Crippen molar-refractivity contribution in [1.29, 1.82) is 0 Å². The lowest BCUT2D eigenvalue weighted by Crippen LogP contribution is -2.00. The van der Waals surface area contributed by atoms with Crippen LogP contribution >= 0.6 is 11.3 Å². The molecule has 0 N–H and O–H groups in total. The summed E-state index contributed by atoms with van der Waals surface area (Å²) >= 11 is 1.87. The topological polar surface area (TPSA) is 113 Å². The van der Waals surface area contributed by atoms with Crippen LogP contribution < -0.4 is 0 Å². The predicted octanol–water partition coefficient (Wildman–Crippen LogP) is 27.1. The van der Waals surface area contributed by atoms with Crippen molar-refractivity contribution in [2.45, 2.75) is 0 Å². The maximum atomic E-state index is 6.99. The molecule has 0 fully saturated rings. The van der Waals surface area contributed by atoms with Crippen LogP contribution in [-0.4, -0.2) is 39.0 Å². The van der Waals surface area contributed by atoms with Gasteiger partial charge in [0.2, 0.25) is 0 Å². The Hall–Kier alpha value is -15.0. The van der Waals surface area contributed by atoms with Gasteiger partial charge in [-0.15, -0.1) is 11.3 Å². The lowest BCUT2D eigenvalue weighted by atomic mass is 10.00. The van der Waals surface area contributed by atoms with Gasteiger partial charge in [-0.2, -0.15) is 0 Å². The summed E-state index contributed by atoms with van der Waals surface area (Å²) in [6.45, 7) is 0. The number of hydrogen-bond acceptors (Lipinski definition) is 9. The van der Waals surface area contributed by atoms with Crippen molar-refractivity contribution in [2.75, 3.05) is 0 Å². The second-order valence-electron chi connectivity index (χ2n) is 28.9. The van der Waals surface area contributed by atoms with Crippen LogP contribution in [0.3, 0.4) is 0 Å². The standard InChI is InChI=1S/C102H60N8O2S/c1-5-19-61(20-6-1)62-39-46-75(47-40-62)109-86-33-15-13-29-77(86)83-58-70(44-52-87(83)109)76-31-18-32-81-78-48-41-73(60-92(78)112-95(76)81)102-106-98(65-23-9-3-10-24-65)104-100(108-102)71-26-17-25-67(55-71)63-35-37-66(38-36-63)99-103-97(64-21-7-2-8-22-64)105-101(107-99)72-42-49-79-84-56-69(45-54-90(84)111-91(79)59-72)68-43-51-88-85(57-68)94-89(110(88)74-27-11-4-12-28-74)53-50-82-80-30-14-16-34-93(80)113-96(82)94/h1-60H. The molecule has 7 heterocycles. The van der Waals surface area contributed by atoms with E-state index in [1.54, 1.807) is 0 Å². The van der Waals surface area contributed by atoms with E-state index in [4.69, 9.17) is 38.7 Å². The van der Waals surface area contributed by atoms with Crippen LogP contribution in [0.25, 0.3) is 232 Å². The van der Waals surface area contributed by atoms with Gasteiger partial charge in [0.25, 0.3) is 0 Å². The fraction of sp³-hybridized carbons (Fsp3) is 0. The number of thiophene rings is 1. The first-order valence-electron chi connectivity index (χ1n) is 37.9. The molecule has 10 nitrogen and oxygen atoms in total. The maximum absolute atomic E-state index is 6.99. The molecule has 113 heavy (non-hydrogen) atoms. The highest BCUT2D eigenvalue weighted by molar-refractivity contribution is 7.26. The van der Waals surface area contributed by atoms with E-state index < -0.39 is 0 Å². The molecule has 0 aliphatic rings. The fourth-order valence-corrected chi connectivity index (χ4v) is 18.0. The monoisotopic (exact) mass is 1460 g/mol. The Bertz CT molecular complexity index is 7780. The van der Waals surface area contributed by atoms with E-state index in [1.807, 2.05) is 72.0 Å². The molecule has 11 heteroatoms. The summed E-state index contributed by atoms with van der Waals surface area (Å²) in [6, 6.07) is 128. The Morgan fingerprint density at radius 3 is 1.31 bits per heavy atom. The zero-order chi connectivity index (χ0) is 74.2. The SMILES string of the molecule is c1ccc(-c2ccc(-n3c4ccccc4c4cc(-c5cccc6c5oc5cc(-c7nc(-c8ccccc8)nc(-c8cccc(-c9ccc(-c%10nc(-c%11ccccc%11)nc(-c%11ccc%12c(c%11)oc%11ccc(-c%13ccc%14c(c%13)c%13c%15sc%16ccccc%16c%15ccc%13n%14-c%13ccccc%13)cc%11%12)n%10)cc9)c8)n7)ccc56)ccc43)cc2)cc1. The third-order valence-corrected chi connectivity index (χ3v) is 23.5. The third kappa shape index (κ3) is 10.8. The zero-order valence-electron chi connectivity index (χ0n) is 60.4. The second kappa shape index (κ2) is 25.8. The molecule has 0 saturated heterocycles. The molecule has 0 saturated carbocycles. The molecule has 0 aliphatic heterocycles. The minimum atomic E-state index is 0.532. The molecule has 0 amide bonds. The van der Waals surface area contributed by atoms with Gasteiger partial charge in [-0.3, -0.25) is 0 Å². The lowest BCUT2D eigenvalue weighted by Gasteiger charge is -2.11. The van der Waals surface area contributed by atoms with Crippen molar-refractivity contribution in [3.05, 3.63) is 364 Å². The van der Waals surface area contributed by atoms with Crippen molar-refractivity contribution in [3.63, 3.8) is 0 Å². The van der Waals surface area contributed by atoms with E-state index in [1.165, 1.54) is 63.9 Å². The number of fused-ring (bicyclic) bond motifs is 16. The van der Waals surface area contributed by atoms with Gasteiger partial charge in [0.15, 0.2) is 34.9 Å². The van der Waals surface area contributed by atoms with E-state index in [-0.39, 0.29) is 0 Å². The number of rotatable bonds is 12. The van der Waals surface area contributed by atoms with Gasteiger partial charge < -0.3 is 18.0 Å².